The van der Waals surface area contributed by atoms with Crippen LogP contribution in [0.25, 0.3) is 0 Å². The lowest BCUT2D eigenvalue weighted by Gasteiger charge is -2.16. The lowest BCUT2D eigenvalue weighted by molar-refractivity contribution is 0.427. The Morgan fingerprint density at radius 2 is 1.64 bits per heavy atom. The molecule has 0 aromatic heterocycles. The second-order valence-corrected chi connectivity index (χ2v) is 7.74. The third-order valence-corrected chi connectivity index (χ3v) is 4.12. The van der Waals surface area contributed by atoms with Crippen LogP contribution in [0.2, 0.25) is 19.1 Å². The molecule has 0 aliphatic carbocycles. The number of hydrogen-bond acceptors (Lipinski definition) is 0. The van der Waals surface area contributed by atoms with E-state index in [1.165, 1.54) is 18.9 Å². The highest BCUT2D eigenvalue weighted by atomic mass is 28.3. The van der Waals surface area contributed by atoms with E-state index in [4.69, 9.17) is 0 Å². The Morgan fingerprint density at radius 3 is 2.00 bits per heavy atom. The van der Waals surface area contributed by atoms with Crippen LogP contribution >= 0.6 is 0 Å². The lowest BCUT2D eigenvalue weighted by Crippen LogP contribution is -2.09. The highest BCUT2D eigenvalue weighted by Gasteiger charge is 2.08. The van der Waals surface area contributed by atoms with Gasteiger partial charge in [-0.15, -0.1) is 0 Å². The minimum absolute atomic E-state index is 0.298. The van der Waals surface area contributed by atoms with Gasteiger partial charge in [0.2, 0.25) is 0 Å². The first kappa shape index (κ1) is 11.2. The number of rotatable bonds is 5. The molecule has 0 fully saturated rings. The van der Waals surface area contributed by atoms with E-state index in [1.54, 1.807) is 0 Å². The molecule has 0 aliphatic rings. The highest BCUT2D eigenvalue weighted by molar-refractivity contribution is 6.55. The van der Waals surface area contributed by atoms with Crippen LogP contribution < -0.4 is 0 Å². The van der Waals surface area contributed by atoms with E-state index in [0.29, 0.717) is 0 Å². The first-order chi connectivity index (χ1) is 5.06. The van der Waals surface area contributed by atoms with Gasteiger partial charge in [0.15, 0.2) is 0 Å². The van der Waals surface area contributed by atoms with E-state index in [0.717, 1.165) is 11.8 Å². The van der Waals surface area contributed by atoms with Gasteiger partial charge in [-0.3, -0.25) is 0 Å². The zero-order valence-electron chi connectivity index (χ0n) is 8.85. The maximum atomic E-state index is 2.45. The Morgan fingerprint density at radius 1 is 1.09 bits per heavy atom. The summed E-state index contributed by atoms with van der Waals surface area (Å²) >= 11 is 0. The van der Waals surface area contributed by atoms with Crippen molar-refractivity contribution in [1.29, 1.82) is 0 Å². The summed E-state index contributed by atoms with van der Waals surface area (Å²) in [5, 5.41) is 0. The summed E-state index contributed by atoms with van der Waals surface area (Å²) < 4.78 is 0. The molecule has 0 spiro atoms. The molecule has 68 valence electrons. The van der Waals surface area contributed by atoms with Crippen LogP contribution in [0.3, 0.4) is 0 Å². The largest absolute Gasteiger partial charge is 0.0722 e. The highest BCUT2D eigenvalue weighted by Crippen LogP contribution is 2.19. The van der Waals surface area contributed by atoms with Crippen LogP contribution in [-0.2, 0) is 0 Å². The van der Waals surface area contributed by atoms with Crippen molar-refractivity contribution in [3.05, 3.63) is 0 Å². The molecule has 0 saturated heterocycles. The molecule has 0 aromatic rings. The van der Waals surface area contributed by atoms with Crippen molar-refractivity contribution in [2.24, 2.45) is 11.8 Å². The van der Waals surface area contributed by atoms with Crippen LogP contribution in [0.1, 0.15) is 33.6 Å². The van der Waals surface area contributed by atoms with Gasteiger partial charge in [-0.1, -0.05) is 46.3 Å². The summed E-state index contributed by atoms with van der Waals surface area (Å²) in [6, 6.07) is 1.53. The molecule has 0 saturated carbocycles. The molecule has 0 rings (SSSR count). The minimum Gasteiger partial charge on any atom is -0.0722 e. The second-order valence-electron chi connectivity index (χ2n) is 4.48. The molecule has 0 radical (unpaired) electrons. The molecule has 0 amide bonds. The van der Waals surface area contributed by atoms with Crippen LogP contribution in [0.5, 0.6) is 0 Å². The fourth-order valence-electron chi connectivity index (χ4n) is 1.75. The standard InChI is InChI=1S/C10H24Si/c1-6-9(2)7-10(3)8-11(4)5/h9-11H,6-8H2,1-5H3. The Labute approximate surface area is 74.0 Å². The van der Waals surface area contributed by atoms with Crippen molar-refractivity contribution in [1.82, 2.24) is 0 Å². The van der Waals surface area contributed by atoms with E-state index in [2.05, 4.69) is 33.9 Å². The first-order valence-electron chi connectivity index (χ1n) is 5.06. The molecular formula is C10H24Si. The third kappa shape index (κ3) is 6.61. The third-order valence-electron chi connectivity index (χ3n) is 2.38. The normalized spacial score (nSPS) is 16.9. The smallest absolute Gasteiger partial charge is 0.0308 e. The van der Waals surface area contributed by atoms with Crippen molar-refractivity contribution in [2.45, 2.75) is 52.8 Å². The van der Waals surface area contributed by atoms with Crippen molar-refractivity contribution in [3.63, 3.8) is 0 Å². The zero-order valence-corrected chi connectivity index (χ0v) is 10.0. The van der Waals surface area contributed by atoms with Crippen molar-refractivity contribution in [2.75, 3.05) is 0 Å². The Kier molecular flexibility index (Phi) is 5.93. The molecule has 2 unspecified atom stereocenters. The van der Waals surface area contributed by atoms with Gasteiger partial charge in [-0.25, -0.2) is 0 Å². The molecular weight excluding hydrogens is 148 g/mol. The fourth-order valence-corrected chi connectivity index (χ4v) is 3.56. The minimum atomic E-state index is -0.298. The van der Waals surface area contributed by atoms with Gasteiger partial charge in [0.05, 0.1) is 0 Å². The topological polar surface area (TPSA) is 0 Å². The van der Waals surface area contributed by atoms with Crippen molar-refractivity contribution < 1.29 is 0 Å². The van der Waals surface area contributed by atoms with Gasteiger partial charge in [0.25, 0.3) is 0 Å². The summed E-state index contributed by atoms with van der Waals surface area (Å²) in [6.45, 7) is 12.0. The average Bonchev–Trinajstić information content (AvgIpc) is 1.85. The Bertz CT molecular complexity index is 88.9. The summed E-state index contributed by atoms with van der Waals surface area (Å²) in [4.78, 5) is 0. The van der Waals surface area contributed by atoms with Crippen LogP contribution in [0, 0.1) is 11.8 Å². The molecule has 0 bridgehead atoms. The van der Waals surface area contributed by atoms with Crippen LogP contribution in [0.4, 0.5) is 0 Å². The molecule has 1 heteroatoms. The van der Waals surface area contributed by atoms with Gasteiger partial charge in [-0.2, -0.15) is 0 Å². The van der Waals surface area contributed by atoms with Crippen molar-refractivity contribution in [3.8, 4) is 0 Å². The summed E-state index contributed by atoms with van der Waals surface area (Å²) in [5.41, 5.74) is 0. The van der Waals surface area contributed by atoms with E-state index in [1.807, 2.05) is 0 Å². The second kappa shape index (κ2) is 5.82. The van der Waals surface area contributed by atoms with Gasteiger partial charge in [-0.05, 0) is 18.3 Å². The predicted octanol–water partition coefficient (Wildman–Crippen LogP) is 3.55. The summed E-state index contributed by atoms with van der Waals surface area (Å²) in [6.07, 6.45) is 2.80. The molecule has 0 heterocycles. The van der Waals surface area contributed by atoms with E-state index in [-0.39, 0.29) is 8.80 Å². The summed E-state index contributed by atoms with van der Waals surface area (Å²) in [5.74, 6) is 1.93. The summed E-state index contributed by atoms with van der Waals surface area (Å²) in [7, 11) is -0.298. The molecule has 0 aliphatic heterocycles. The van der Waals surface area contributed by atoms with Crippen LogP contribution in [-0.4, -0.2) is 8.80 Å². The SMILES string of the molecule is CCC(C)CC(C)C[SiH](C)C. The van der Waals surface area contributed by atoms with E-state index < -0.39 is 0 Å². The van der Waals surface area contributed by atoms with E-state index in [9.17, 15) is 0 Å². The predicted molar refractivity (Wildman–Crippen MR) is 56.9 cm³/mol. The fraction of sp³-hybridized carbons (Fsp3) is 1.00. The molecule has 0 aromatic carbocycles. The first-order valence-corrected chi connectivity index (χ1v) is 8.18. The van der Waals surface area contributed by atoms with Gasteiger partial charge in [0, 0.05) is 8.80 Å². The average molecular weight is 172 g/mol. The lowest BCUT2D eigenvalue weighted by atomic mass is 9.97. The Balaban J connectivity index is 3.43. The Hall–Kier alpha value is 0.217. The van der Waals surface area contributed by atoms with Gasteiger partial charge < -0.3 is 0 Å². The monoisotopic (exact) mass is 172 g/mol. The van der Waals surface area contributed by atoms with Gasteiger partial charge in [0.1, 0.15) is 0 Å². The number of hydrogen-bond donors (Lipinski definition) is 0. The van der Waals surface area contributed by atoms with E-state index >= 15 is 0 Å². The zero-order chi connectivity index (χ0) is 8.85. The maximum absolute atomic E-state index is 2.45. The molecule has 0 N–H and O–H groups in total. The maximum Gasteiger partial charge on any atom is 0.0308 e. The van der Waals surface area contributed by atoms with Crippen molar-refractivity contribution >= 4 is 8.80 Å². The van der Waals surface area contributed by atoms with Crippen LogP contribution in [0.15, 0.2) is 0 Å². The quantitative estimate of drug-likeness (QED) is 0.556. The van der Waals surface area contributed by atoms with Gasteiger partial charge >= 0.3 is 0 Å². The molecule has 0 nitrogen and oxygen atoms in total. The molecule has 2 atom stereocenters. The molecule has 11 heavy (non-hydrogen) atoms.